The summed E-state index contributed by atoms with van der Waals surface area (Å²) in [5, 5.41) is 3.93. The van der Waals surface area contributed by atoms with Gasteiger partial charge in [-0.15, -0.1) is 0 Å². The van der Waals surface area contributed by atoms with Crippen LogP contribution in [0.3, 0.4) is 0 Å². The topological polar surface area (TPSA) is 87.5 Å². The summed E-state index contributed by atoms with van der Waals surface area (Å²) < 4.78 is 21.9. The van der Waals surface area contributed by atoms with Crippen LogP contribution in [0.15, 0.2) is 0 Å². The number of carbonyl (C=O) groups is 2. The lowest BCUT2D eigenvalue weighted by molar-refractivity contribution is 0.0551. The van der Waals surface area contributed by atoms with Crippen molar-refractivity contribution in [3.63, 3.8) is 0 Å². The van der Waals surface area contributed by atoms with Crippen molar-refractivity contribution in [2.24, 2.45) is 0 Å². The highest BCUT2D eigenvalue weighted by Gasteiger charge is 2.33. The molecule has 2 heterocycles. The Morgan fingerprint density at radius 2 is 1.94 bits per heavy atom. The quantitative estimate of drug-likeness (QED) is 0.675. The number of hydrogen-bond donors (Lipinski definition) is 0. The minimum Gasteiger partial charge on any atom is -0.465 e. The van der Waals surface area contributed by atoms with Crippen LogP contribution in [-0.2, 0) is 31.9 Å². The lowest BCUT2D eigenvalue weighted by Crippen LogP contribution is -2.12. The summed E-state index contributed by atoms with van der Waals surface area (Å²) in [4.78, 5) is 23.1. The molecule has 1 aromatic rings. The van der Waals surface area contributed by atoms with Gasteiger partial charge in [-0.2, -0.15) is 5.10 Å². The van der Waals surface area contributed by atoms with Crippen molar-refractivity contribution in [1.82, 2.24) is 9.78 Å². The fourth-order valence-corrected chi connectivity index (χ4v) is 2.82. The number of esters is 2. The molecule has 0 radical (unpaired) electrons. The average Bonchev–Trinajstić information content (AvgIpc) is 2.82. The zero-order valence-corrected chi connectivity index (χ0v) is 10.1. The fraction of sp³-hybridized carbons (Fsp3) is 0.444. The van der Waals surface area contributed by atoms with Gasteiger partial charge in [-0.25, -0.2) is 9.59 Å². The zero-order chi connectivity index (χ0) is 12.6. The molecular weight excluding hydrogens is 248 g/mol. The maximum Gasteiger partial charge on any atom is 0.359 e. The molecule has 1 aromatic heterocycles. The Bertz CT molecular complexity index is 522. The lowest BCUT2D eigenvalue weighted by Gasteiger charge is -2.00. The Morgan fingerprint density at radius 1 is 1.29 bits per heavy atom. The number of nitrogens with zero attached hydrogens (tertiary/aromatic N) is 2. The Balaban J connectivity index is 2.55. The molecule has 0 aromatic carbocycles. The van der Waals surface area contributed by atoms with E-state index < -0.39 is 22.7 Å². The fourth-order valence-electron chi connectivity index (χ4n) is 1.64. The molecule has 8 heteroatoms. The maximum absolute atomic E-state index is 11.6. The molecule has 0 aliphatic carbocycles. The first-order chi connectivity index (χ1) is 8.08. The van der Waals surface area contributed by atoms with Crippen LogP contribution in [0.1, 0.15) is 26.5 Å². The van der Waals surface area contributed by atoms with E-state index in [4.69, 9.17) is 0 Å². The molecule has 0 fully saturated rings. The number of fused-ring (bicyclic) bond motifs is 1. The van der Waals surface area contributed by atoms with E-state index in [2.05, 4.69) is 14.6 Å². The predicted octanol–water partition coefficient (Wildman–Crippen LogP) is -0.324. The second-order valence-electron chi connectivity index (χ2n) is 3.37. The van der Waals surface area contributed by atoms with Crippen molar-refractivity contribution < 1.29 is 23.3 Å². The largest absolute Gasteiger partial charge is 0.465 e. The number of methoxy groups -OCH3 is 2. The first kappa shape index (κ1) is 11.8. The third-order valence-corrected chi connectivity index (χ3v) is 3.52. The Morgan fingerprint density at radius 3 is 2.53 bits per heavy atom. The summed E-state index contributed by atoms with van der Waals surface area (Å²) in [6, 6.07) is 0. The van der Waals surface area contributed by atoms with Crippen molar-refractivity contribution in [3.05, 3.63) is 17.0 Å². The summed E-state index contributed by atoms with van der Waals surface area (Å²) in [6.07, 6.45) is 0. The molecule has 0 saturated carbocycles. The van der Waals surface area contributed by atoms with E-state index in [1.807, 2.05) is 0 Å². The number of ether oxygens (including phenoxy) is 2. The summed E-state index contributed by atoms with van der Waals surface area (Å²) in [7, 11) is 1.31. The third kappa shape index (κ3) is 1.84. The molecule has 1 unspecified atom stereocenters. The van der Waals surface area contributed by atoms with Crippen LogP contribution in [-0.4, -0.2) is 40.1 Å². The maximum atomic E-state index is 11.6. The van der Waals surface area contributed by atoms with Gasteiger partial charge in [0.25, 0.3) is 0 Å². The van der Waals surface area contributed by atoms with Gasteiger partial charge >= 0.3 is 11.9 Å². The lowest BCUT2D eigenvalue weighted by atomic mass is 10.2. The van der Waals surface area contributed by atoms with Crippen LogP contribution in [0.2, 0.25) is 0 Å². The normalized spacial score (nSPS) is 17.6. The average molecular weight is 258 g/mol. The third-order valence-electron chi connectivity index (χ3n) is 2.39. The number of carbonyl (C=O) groups excluding carboxylic acids is 2. The van der Waals surface area contributed by atoms with Gasteiger partial charge in [-0.05, 0) is 0 Å². The standard InChI is InChI=1S/C9H10N2O5S/c1-15-8(12)6-5-3-17(14)4-11(5)10-7(6)9(13)16-2/h3-4H2,1-2H3. The summed E-state index contributed by atoms with van der Waals surface area (Å²) >= 11 is 0. The summed E-state index contributed by atoms with van der Waals surface area (Å²) in [5.41, 5.74) is 0.409. The van der Waals surface area contributed by atoms with E-state index in [1.54, 1.807) is 0 Å². The SMILES string of the molecule is COC(=O)c1nn2c(c1C(=O)OC)CS(=O)C2. The van der Waals surface area contributed by atoms with Crippen LogP contribution < -0.4 is 0 Å². The molecule has 7 nitrogen and oxygen atoms in total. The van der Waals surface area contributed by atoms with Gasteiger partial charge in [0.2, 0.25) is 0 Å². The number of hydrogen-bond acceptors (Lipinski definition) is 6. The van der Waals surface area contributed by atoms with E-state index >= 15 is 0 Å². The molecule has 0 saturated heterocycles. The van der Waals surface area contributed by atoms with E-state index in [0.717, 1.165) is 0 Å². The monoisotopic (exact) mass is 258 g/mol. The molecule has 0 N–H and O–H groups in total. The van der Waals surface area contributed by atoms with Gasteiger partial charge in [0.15, 0.2) is 5.69 Å². The molecule has 92 valence electrons. The van der Waals surface area contributed by atoms with Gasteiger partial charge in [-0.1, -0.05) is 0 Å². The van der Waals surface area contributed by atoms with Gasteiger partial charge in [-0.3, -0.25) is 8.89 Å². The molecule has 1 aliphatic rings. The van der Waals surface area contributed by atoms with Crippen molar-refractivity contribution in [2.75, 3.05) is 14.2 Å². The first-order valence-corrected chi connectivity index (χ1v) is 6.18. The highest BCUT2D eigenvalue weighted by molar-refractivity contribution is 7.83. The van der Waals surface area contributed by atoms with Crippen molar-refractivity contribution in [2.45, 2.75) is 11.6 Å². The van der Waals surface area contributed by atoms with Gasteiger partial charge in [0.1, 0.15) is 11.4 Å². The minimum absolute atomic E-state index is 0.0465. The second-order valence-corrected chi connectivity index (χ2v) is 4.79. The molecular formula is C9H10N2O5S. The van der Waals surface area contributed by atoms with Crippen LogP contribution in [0.5, 0.6) is 0 Å². The molecule has 0 spiro atoms. The van der Waals surface area contributed by atoms with Crippen LogP contribution in [0.4, 0.5) is 0 Å². The summed E-state index contributed by atoms with van der Waals surface area (Å²) in [6.45, 7) is 0. The molecule has 1 atom stereocenters. The predicted molar refractivity (Wildman–Crippen MR) is 56.8 cm³/mol. The van der Waals surface area contributed by atoms with Crippen LogP contribution >= 0.6 is 0 Å². The van der Waals surface area contributed by atoms with E-state index in [-0.39, 0.29) is 22.9 Å². The highest BCUT2D eigenvalue weighted by Crippen LogP contribution is 2.23. The van der Waals surface area contributed by atoms with E-state index in [9.17, 15) is 13.8 Å². The van der Waals surface area contributed by atoms with Crippen molar-refractivity contribution in [3.8, 4) is 0 Å². The molecule has 1 aliphatic heterocycles. The first-order valence-electron chi connectivity index (χ1n) is 4.69. The van der Waals surface area contributed by atoms with Gasteiger partial charge < -0.3 is 9.47 Å². The van der Waals surface area contributed by atoms with E-state index in [1.165, 1.54) is 18.9 Å². The van der Waals surface area contributed by atoms with Crippen LogP contribution in [0.25, 0.3) is 0 Å². The number of aromatic nitrogens is 2. The Kier molecular flexibility index (Phi) is 2.97. The second kappa shape index (κ2) is 4.28. The van der Waals surface area contributed by atoms with Gasteiger partial charge in [0, 0.05) is 10.8 Å². The zero-order valence-electron chi connectivity index (χ0n) is 9.26. The Hall–Kier alpha value is -1.70. The minimum atomic E-state index is -1.10. The van der Waals surface area contributed by atoms with Crippen LogP contribution in [0, 0.1) is 0 Å². The van der Waals surface area contributed by atoms with Gasteiger partial charge in [0.05, 0.1) is 25.7 Å². The molecule has 0 amide bonds. The Labute approximate surface area is 99.1 Å². The van der Waals surface area contributed by atoms with E-state index in [0.29, 0.717) is 5.69 Å². The highest BCUT2D eigenvalue weighted by atomic mass is 32.2. The van der Waals surface area contributed by atoms with Crippen molar-refractivity contribution >= 4 is 22.7 Å². The molecule has 17 heavy (non-hydrogen) atoms. The van der Waals surface area contributed by atoms with Crippen molar-refractivity contribution in [1.29, 1.82) is 0 Å². The number of rotatable bonds is 2. The summed E-state index contributed by atoms with van der Waals surface area (Å²) in [5.74, 6) is -1.02. The molecule has 0 bridgehead atoms. The molecule has 2 rings (SSSR count). The smallest absolute Gasteiger partial charge is 0.359 e.